The van der Waals surface area contributed by atoms with Crippen LogP contribution in [0.3, 0.4) is 0 Å². The molecule has 1 aliphatic rings. The van der Waals surface area contributed by atoms with Gasteiger partial charge in [0.2, 0.25) is 0 Å². The van der Waals surface area contributed by atoms with Crippen molar-refractivity contribution in [1.29, 1.82) is 0 Å². The predicted molar refractivity (Wildman–Crippen MR) is 76.0 cm³/mol. The van der Waals surface area contributed by atoms with Gasteiger partial charge in [0.1, 0.15) is 12.4 Å². The van der Waals surface area contributed by atoms with Gasteiger partial charge in [-0.1, -0.05) is 13.0 Å². The second kappa shape index (κ2) is 7.12. The number of hydrogen-bond donors (Lipinski definition) is 1. The van der Waals surface area contributed by atoms with E-state index in [2.05, 4.69) is 40.3 Å². The average molecular weight is 314 g/mol. The van der Waals surface area contributed by atoms with E-state index in [1.807, 2.05) is 6.07 Å². The molecule has 0 aromatic heterocycles. The summed E-state index contributed by atoms with van der Waals surface area (Å²) in [7, 11) is 0. The number of benzene rings is 1. The first-order valence-electron chi connectivity index (χ1n) is 6.53. The Morgan fingerprint density at radius 3 is 3.06 bits per heavy atom. The molecule has 18 heavy (non-hydrogen) atoms. The smallest absolute Gasteiger partial charge is 0.133 e. The quantitative estimate of drug-likeness (QED) is 0.875. The molecule has 1 atom stereocenters. The summed E-state index contributed by atoms with van der Waals surface area (Å²) in [6.45, 7) is 5.49. The lowest BCUT2D eigenvalue weighted by atomic mass is 10.2. The lowest BCUT2D eigenvalue weighted by molar-refractivity contribution is 0.0677. The molecule has 0 saturated carbocycles. The third kappa shape index (κ3) is 3.97. The van der Waals surface area contributed by atoms with E-state index in [1.54, 1.807) is 0 Å². The van der Waals surface area contributed by atoms with Crippen molar-refractivity contribution in [1.82, 2.24) is 5.32 Å². The lowest BCUT2D eigenvalue weighted by Crippen LogP contribution is -2.16. The fourth-order valence-corrected chi connectivity index (χ4v) is 2.54. The molecule has 0 spiro atoms. The van der Waals surface area contributed by atoms with E-state index in [4.69, 9.17) is 9.47 Å². The number of rotatable bonds is 6. The van der Waals surface area contributed by atoms with Gasteiger partial charge in [-0.05, 0) is 53.0 Å². The molecule has 1 unspecified atom stereocenters. The number of nitrogens with one attached hydrogen (secondary N) is 1. The first kappa shape index (κ1) is 13.8. The molecular weight excluding hydrogens is 294 g/mol. The summed E-state index contributed by atoms with van der Waals surface area (Å²) in [6.07, 6.45) is 2.52. The molecule has 0 aliphatic carbocycles. The monoisotopic (exact) mass is 313 g/mol. The molecule has 1 heterocycles. The lowest BCUT2D eigenvalue weighted by Gasteiger charge is -2.13. The van der Waals surface area contributed by atoms with Gasteiger partial charge >= 0.3 is 0 Å². The summed E-state index contributed by atoms with van der Waals surface area (Å²) >= 11 is 3.56. The number of hydrogen-bond acceptors (Lipinski definition) is 3. The Kier molecular flexibility index (Phi) is 5.47. The molecule has 100 valence electrons. The zero-order valence-corrected chi connectivity index (χ0v) is 12.3. The van der Waals surface area contributed by atoms with Crippen molar-refractivity contribution < 1.29 is 9.47 Å². The van der Waals surface area contributed by atoms with E-state index in [9.17, 15) is 0 Å². The van der Waals surface area contributed by atoms with E-state index in [0.29, 0.717) is 6.61 Å². The zero-order chi connectivity index (χ0) is 12.8. The molecule has 1 fully saturated rings. The van der Waals surface area contributed by atoms with Gasteiger partial charge in [-0.25, -0.2) is 0 Å². The highest BCUT2D eigenvalue weighted by atomic mass is 79.9. The molecule has 1 aromatic carbocycles. The maximum absolute atomic E-state index is 5.79. The normalized spacial score (nSPS) is 19.1. The Bertz CT molecular complexity index is 378. The summed E-state index contributed by atoms with van der Waals surface area (Å²) in [4.78, 5) is 0. The third-order valence-corrected chi connectivity index (χ3v) is 3.64. The maximum Gasteiger partial charge on any atom is 0.133 e. The van der Waals surface area contributed by atoms with Crippen LogP contribution < -0.4 is 10.1 Å². The van der Waals surface area contributed by atoms with Gasteiger partial charge < -0.3 is 14.8 Å². The Balaban J connectivity index is 1.87. The average Bonchev–Trinajstić information content (AvgIpc) is 2.88. The Morgan fingerprint density at radius 1 is 1.50 bits per heavy atom. The van der Waals surface area contributed by atoms with Crippen LogP contribution in [0, 0.1) is 0 Å². The van der Waals surface area contributed by atoms with Crippen molar-refractivity contribution in [3.8, 4) is 5.75 Å². The van der Waals surface area contributed by atoms with E-state index < -0.39 is 0 Å². The molecule has 0 radical (unpaired) electrons. The first-order valence-corrected chi connectivity index (χ1v) is 7.32. The standard InChI is InChI=1S/C14H20BrNO2/c1-2-16-9-11-5-6-14(13(15)8-11)18-10-12-4-3-7-17-12/h5-6,8,12,16H,2-4,7,9-10H2,1H3. The molecule has 1 N–H and O–H groups in total. The highest BCUT2D eigenvalue weighted by Gasteiger charge is 2.16. The molecule has 3 nitrogen and oxygen atoms in total. The van der Waals surface area contributed by atoms with E-state index in [-0.39, 0.29) is 6.10 Å². The minimum atomic E-state index is 0.262. The van der Waals surface area contributed by atoms with E-state index >= 15 is 0 Å². The largest absolute Gasteiger partial charge is 0.490 e. The van der Waals surface area contributed by atoms with Crippen molar-refractivity contribution in [2.75, 3.05) is 19.8 Å². The van der Waals surface area contributed by atoms with Gasteiger partial charge in [-0.3, -0.25) is 0 Å². The van der Waals surface area contributed by atoms with Crippen molar-refractivity contribution in [3.05, 3.63) is 28.2 Å². The molecule has 1 aliphatic heterocycles. The summed E-state index contributed by atoms with van der Waals surface area (Å²) in [6, 6.07) is 6.22. The van der Waals surface area contributed by atoms with Crippen molar-refractivity contribution in [2.24, 2.45) is 0 Å². The fourth-order valence-electron chi connectivity index (χ4n) is 2.00. The van der Waals surface area contributed by atoms with Crippen LogP contribution in [0.1, 0.15) is 25.3 Å². The second-order valence-corrected chi connectivity index (χ2v) is 5.35. The highest BCUT2D eigenvalue weighted by molar-refractivity contribution is 9.10. The maximum atomic E-state index is 5.79. The van der Waals surface area contributed by atoms with Crippen molar-refractivity contribution >= 4 is 15.9 Å². The topological polar surface area (TPSA) is 30.5 Å². The van der Waals surface area contributed by atoms with Crippen LogP contribution >= 0.6 is 15.9 Å². The molecule has 0 bridgehead atoms. The van der Waals surface area contributed by atoms with Crippen LogP contribution in [0.4, 0.5) is 0 Å². The molecular formula is C14H20BrNO2. The number of halogens is 1. The summed E-state index contributed by atoms with van der Waals surface area (Å²) in [5, 5.41) is 3.31. The third-order valence-electron chi connectivity index (χ3n) is 3.02. The van der Waals surface area contributed by atoms with Gasteiger partial charge in [0.15, 0.2) is 0 Å². The fraction of sp³-hybridized carbons (Fsp3) is 0.571. The predicted octanol–water partition coefficient (Wildman–Crippen LogP) is 3.12. The Hall–Kier alpha value is -0.580. The summed E-state index contributed by atoms with van der Waals surface area (Å²) < 4.78 is 12.3. The van der Waals surface area contributed by atoms with Crippen LogP contribution in [0.5, 0.6) is 5.75 Å². The molecule has 0 amide bonds. The minimum Gasteiger partial charge on any atom is -0.490 e. The van der Waals surface area contributed by atoms with Gasteiger partial charge in [0.25, 0.3) is 0 Å². The molecule has 2 rings (SSSR count). The van der Waals surface area contributed by atoms with Gasteiger partial charge in [-0.15, -0.1) is 0 Å². The summed E-state index contributed by atoms with van der Waals surface area (Å²) in [5.41, 5.74) is 1.26. The minimum absolute atomic E-state index is 0.262. The van der Waals surface area contributed by atoms with Crippen LogP contribution in [0.25, 0.3) is 0 Å². The van der Waals surface area contributed by atoms with Crippen LogP contribution in [-0.2, 0) is 11.3 Å². The highest BCUT2D eigenvalue weighted by Crippen LogP contribution is 2.27. The van der Waals surface area contributed by atoms with Gasteiger partial charge in [0.05, 0.1) is 10.6 Å². The molecule has 1 aromatic rings. The second-order valence-electron chi connectivity index (χ2n) is 4.49. The van der Waals surface area contributed by atoms with Crippen LogP contribution in [0.2, 0.25) is 0 Å². The Labute approximate surface area is 117 Å². The van der Waals surface area contributed by atoms with Gasteiger partial charge in [-0.2, -0.15) is 0 Å². The van der Waals surface area contributed by atoms with Gasteiger partial charge in [0, 0.05) is 13.2 Å². The summed E-state index contributed by atoms with van der Waals surface area (Å²) in [5.74, 6) is 0.894. The van der Waals surface area contributed by atoms with Crippen LogP contribution in [-0.4, -0.2) is 25.9 Å². The van der Waals surface area contributed by atoms with E-state index in [1.165, 1.54) is 5.56 Å². The zero-order valence-electron chi connectivity index (χ0n) is 10.7. The van der Waals surface area contributed by atoms with Crippen molar-refractivity contribution in [2.45, 2.75) is 32.4 Å². The molecule has 4 heteroatoms. The van der Waals surface area contributed by atoms with Crippen molar-refractivity contribution in [3.63, 3.8) is 0 Å². The van der Waals surface area contributed by atoms with Crippen LogP contribution in [0.15, 0.2) is 22.7 Å². The number of ether oxygens (including phenoxy) is 2. The Morgan fingerprint density at radius 2 is 2.39 bits per heavy atom. The molecule has 1 saturated heterocycles. The van der Waals surface area contributed by atoms with E-state index in [0.717, 1.165) is 42.8 Å². The first-order chi connectivity index (χ1) is 8.79. The SMILES string of the molecule is CCNCc1ccc(OCC2CCCO2)c(Br)c1.